The maximum absolute atomic E-state index is 12.2. The van der Waals surface area contributed by atoms with E-state index in [1.54, 1.807) is 55.6 Å². The summed E-state index contributed by atoms with van der Waals surface area (Å²) in [6.07, 6.45) is 1.39. The largest absolute Gasteiger partial charge is 0.497 e. The predicted molar refractivity (Wildman–Crippen MR) is 90.2 cm³/mol. The Balaban J connectivity index is 2.24. The molecular formula is C17H14BrNO4. The van der Waals surface area contributed by atoms with Crippen LogP contribution < -0.4 is 10.1 Å². The van der Waals surface area contributed by atoms with E-state index in [1.165, 1.54) is 6.08 Å². The zero-order valence-electron chi connectivity index (χ0n) is 12.2. The van der Waals surface area contributed by atoms with Gasteiger partial charge in [0.25, 0.3) is 5.91 Å². The molecule has 0 saturated carbocycles. The van der Waals surface area contributed by atoms with Crippen molar-refractivity contribution in [2.45, 2.75) is 0 Å². The maximum atomic E-state index is 12.2. The SMILES string of the molecule is COc1ccc(/C=C(/NC(=O)c2ccccc2Br)C(=O)O)cc1. The Morgan fingerprint density at radius 2 is 1.78 bits per heavy atom. The van der Waals surface area contributed by atoms with Crippen LogP contribution in [0.15, 0.2) is 58.7 Å². The molecule has 0 saturated heterocycles. The highest BCUT2D eigenvalue weighted by Crippen LogP contribution is 2.17. The van der Waals surface area contributed by atoms with Gasteiger partial charge in [-0.2, -0.15) is 0 Å². The minimum absolute atomic E-state index is 0.212. The second-order valence-corrected chi connectivity index (χ2v) is 5.42. The molecule has 2 N–H and O–H groups in total. The van der Waals surface area contributed by atoms with E-state index < -0.39 is 11.9 Å². The van der Waals surface area contributed by atoms with E-state index in [1.807, 2.05) is 0 Å². The summed E-state index contributed by atoms with van der Waals surface area (Å²) < 4.78 is 5.63. The summed E-state index contributed by atoms with van der Waals surface area (Å²) in [4.78, 5) is 23.6. The second kappa shape index (κ2) is 7.60. The highest BCUT2D eigenvalue weighted by atomic mass is 79.9. The average molecular weight is 376 g/mol. The lowest BCUT2D eigenvalue weighted by molar-refractivity contribution is -0.132. The maximum Gasteiger partial charge on any atom is 0.352 e. The van der Waals surface area contributed by atoms with E-state index in [-0.39, 0.29) is 5.70 Å². The Hall–Kier alpha value is -2.60. The molecule has 0 spiro atoms. The molecule has 0 bridgehead atoms. The fraction of sp³-hybridized carbons (Fsp3) is 0.0588. The first kappa shape index (κ1) is 16.8. The van der Waals surface area contributed by atoms with Gasteiger partial charge in [-0.25, -0.2) is 4.79 Å². The summed E-state index contributed by atoms with van der Waals surface area (Å²) in [7, 11) is 1.55. The Kier molecular flexibility index (Phi) is 5.54. The summed E-state index contributed by atoms with van der Waals surface area (Å²) in [5, 5.41) is 11.7. The van der Waals surface area contributed by atoms with Crippen LogP contribution in [0.4, 0.5) is 0 Å². The summed E-state index contributed by atoms with van der Waals surface area (Å²) in [6.45, 7) is 0. The first-order valence-corrected chi connectivity index (χ1v) is 7.45. The molecule has 0 aliphatic heterocycles. The van der Waals surface area contributed by atoms with E-state index in [2.05, 4.69) is 21.2 Å². The summed E-state index contributed by atoms with van der Waals surface area (Å²) in [5.41, 5.74) is 0.779. The van der Waals surface area contributed by atoms with Gasteiger partial charge in [0, 0.05) is 4.47 Å². The number of carboxylic acids is 1. The Morgan fingerprint density at radius 3 is 2.35 bits per heavy atom. The number of methoxy groups -OCH3 is 1. The van der Waals surface area contributed by atoms with Crippen LogP contribution in [-0.4, -0.2) is 24.1 Å². The number of carbonyl (C=O) groups excluding carboxylic acids is 1. The van der Waals surface area contributed by atoms with Crippen molar-refractivity contribution >= 4 is 33.9 Å². The number of carbonyl (C=O) groups is 2. The molecule has 0 fully saturated rings. The van der Waals surface area contributed by atoms with Crippen LogP contribution in [-0.2, 0) is 4.79 Å². The van der Waals surface area contributed by atoms with Gasteiger partial charge in [-0.05, 0) is 51.8 Å². The fourth-order valence-electron chi connectivity index (χ4n) is 1.85. The van der Waals surface area contributed by atoms with Crippen LogP contribution in [0, 0.1) is 0 Å². The molecule has 0 aliphatic carbocycles. The van der Waals surface area contributed by atoms with Crippen LogP contribution in [0.2, 0.25) is 0 Å². The number of ether oxygens (including phenoxy) is 1. The van der Waals surface area contributed by atoms with Crippen LogP contribution >= 0.6 is 15.9 Å². The quantitative estimate of drug-likeness (QED) is 0.786. The van der Waals surface area contributed by atoms with Gasteiger partial charge < -0.3 is 15.2 Å². The second-order valence-electron chi connectivity index (χ2n) is 4.57. The molecule has 2 aromatic carbocycles. The normalized spacial score (nSPS) is 11.0. The average Bonchev–Trinajstić information content (AvgIpc) is 2.55. The van der Waals surface area contributed by atoms with E-state index >= 15 is 0 Å². The van der Waals surface area contributed by atoms with Crippen molar-refractivity contribution in [2.75, 3.05) is 7.11 Å². The molecule has 118 valence electrons. The third kappa shape index (κ3) is 4.43. The van der Waals surface area contributed by atoms with Gasteiger partial charge in [0.2, 0.25) is 0 Å². The molecule has 0 unspecified atom stereocenters. The zero-order valence-corrected chi connectivity index (χ0v) is 13.8. The molecule has 6 heteroatoms. The fourth-order valence-corrected chi connectivity index (χ4v) is 2.32. The van der Waals surface area contributed by atoms with Crippen molar-refractivity contribution < 1.29 is 19.4 Å². The smallest absolute Gasteiger partial charge is 0.352 e. The van der Waals surface area contributed by atoms with E-state index in [0.717, 1.165) is 0 Å². The number of aliphatic carboxylic acids is 1. The Morgan fingerprint density at radius 1 is 1.13 bits per heavy atom. The lowest BCUT2D eigenvalue weighted by atomic mass is 10.1. The molecular weight excluding hydrogens is 362 g/mol. The first-order valence-electron chi connectivity index (χ1n) is 6.66. The molecule has 0 radical (unpaired) electrons. The zero-order chi connectivity index (χ0) is 16.8. The van der Waals surface area contributed by atoms with Gasteiger partial charge in [0.05, 0.1) is 12.7 Å². The number of benzene rings is 2. The van der Waals surface area contributed by atoms with Crippen LogP contribution in [0.5, 0.6) is 5.75 Å². The van der Waals surface area contributed by atoms with Crippen molar-refractivity contribution in [3.8, 4) is 5.75 Å². The number of hydrogen-bond donors (Lipinski definition) is 2. The number of hydrogen-bond acceptors (Lipinski definition) is 3. The van der Waals surface area contributed by atoms with Crippen molar-refractivity contribution in [3.63, 3.8) is 0 Å². The third-order valence-corrected chi connectivity index (χ3v) is 3.72. The highest BCUT2D eigenvalue weighted by molar-refractivity contribution is 9.10. The molecule has 0 heterocycles. The van der Waals surface area contributed by atoms with Gasteiger partial charge in [0.15, 0.2) is 0 Å². The third-order valence-electron chi connectivity index (χ3n) is 3.02. The summed E-state index contributed by atoms with van der Waals surface area (Å²) in [6, 6.07) is 13.6. The number of halogens is 1. The molecule has 0 aromatic heterocycles. The topological polar surface area (TPSA) is 75.6 Å². The first-order chi connectivity index (χ1) is 11.0. The van der Waals surface area contributed by atoms with Crippen molar-refractivity contribution in [1.82, 2.24) is 5.32 Å². The van der Waals surface area contributed by atoms with E-state index in [4.69, 9.17) is 4.74 Å². The number of nitrogens with one attached hydrogen (secondary N) is 1. The molecule has 2 rings (SSSR count). The van der Waals surface area contributed by atoms with Gasteiger partial charge in [-0.1, -0.05) is 24.3 Å². The van der Waals surface area contributed by atoms with Gasteiger partial charge in [0.1, 0.15) is 11.4 Å². The van der Waals surface area contributed by atoms with Gasteiger partial charge >= 0.3 is 5.97 Å². The predicted octanol–water partition coefficient (Wildman–Crippen LogP) is 3.31. The van der Waals surface area contributed by atoms with Gasteiger partial charge in [-0.3, -0.25) is 4.79 Å². The van der Waals surface area contributed by atoms with Crippen LogP contribution in [0.1, 0.15) is 15.9 Å². The minimum Gasteiger partial charge on any atom is -0.497 e. The lowest BCUT2D eigenvalue weighted by Gasteiger charge is -2.08. The molecule has 0 atom stereocenters. The minimum atomic E-state index is -1.22. The molecule has 0 aliphatic rings. The Labute approximate surface area is 141 Å². The van der Waals surface area contributed by atoms with Crippen LogP contribution in [0.25, 0.3) is 6.08 Å². The van der Waals surface area contributed by atoms with Crippen molar-refractivity contribution in [2.24, 2.45) is 0 Å². The molecule has 1 amide bonds. The number of carboxylic acid groups (broad SMARTS) is 1. The standard InChI is InChI=1S/C17H14BrNO4/c1-23-12-8-6-11(7-9-12)10-15(17(21)22)19-16(20)13-4-2-3-5-14(13)18/h2-10H,1H3,(H,19,20)(H,21,22)/b15-10+. The van der Waals surface area contributed by atoms with Crippen LogP contribution in [0.3, 0.4) is 0 Å². The van der Waals surface area contributed by atoms with E-state index in [0.29, 0.717) is 21.3 Å². The van der Waals surface area contributed by atoms with Gasteiger partial charge in [-0.15, -0.1) is 0 Å². The number of amides is 1. The highest BCUT2D eigenvalue weighted by Gasteiger charge is 2.15. The Bertz CT molecular complexity index is 753. The lowest BCUT2D eigenvalue weighted by Crippen LogP contribution is -2.27. The van der Waals surface area contributed by atoms with E-state index in [9.17, 15) is 14.7 Å². The number of rotatable bonds is 5. The molecule has 23 heavy (non-hydrogen) atoms. The monoisotopic (exact) mass is 375 g/mol. The van der Waals surface area contributed by atoms with Crippen molar-refractivity contribution in [3.05, 3.63) is 69.8 Å². The summed E-state index contributed by atoms with van der Waals surface area (Å²) >= 11 is 3.26. The molecule has 2 aromatic rings. The molecule has 5 nitrogen and oxygen atoms in total. The van der Waals surface area contributed by atoms with Crippen molar-refractivity contribution in [1.29, 1.82) is 0 Å². The summed E-state index contributed by atoms with van der Waals surface area (Å²) in [5.74, 6) is -1.06.